The molecule has 9 nitrogen and oxygen atoms in total. The summed E-state index contributed by atoms with van der Waals surface area (Å²) in [6, 6.07) is 36.9. The van der Waals surface area contributed by atoms with Crippen LogP contribution < -0.4 is 19.7 Å². The second kappa shape index (κ2) is 16.1. The Kier molecular flexibility index (Phi) is 11.0. The van der Waals surface area contributed by atoms with E-state index in [4.69, 9.17) is 19.4 Å². The van der Waals surface area contributed by atoms with Crippen molar-refractivity contribution in [3.8, 4) is 17.6 Å². The fourth-order valence-electron chi connectivity index (χ4n) is 6.43. The monoisotopic (exact) mass is 654 g/mol. The molecule has 1 atom stereocenters. The fourth-order valence-corrected chi connectivity index (χ4v) is 6.43. The standard InChI is InChI=1S/C40H42N6O3/c1-3-48-35-20-19-29(27-36(35)49-4-2)21-22-42-40(47)32(28-41)37-39(44-34-18-12-11-17-33(34)43-37)46-25-23-45(24-26-46)38(30-13-7-5-8-14-30)31-15-9-6-10-16-31/h5-20,27,32,38H,3-4,21-26H2,1-2H3,(H,42,47)/t32-/m1/s1. The molecular weight excluding hydrogens is 612 g/mol. The number of aromatic nitrogens is 2. The summed E-state index contributed by atoms with van der Waals surface area (Å²) in [5, 5.41) is 13.3. The Morgan fingerprint density at radius 2 is 1.39 bits per heavy atom. The zero-order chi connectivity index (χ0) is 34.0. The van der Waals surface area contributed by atoms with Crippen molar-refractivity contribution in [3.05, 3.63) is 126 Å². The Morgan fingerprint density at radius 1 is 0.796 bits per heavy atom. The lowest BCUT2D eigenvalue weighted by Crippen LogP contribution is -2.48. The van der Waals surface area contributed by atoms with Crippen LogP contribution in [0.3, 0.4) is 0 Å². The molecule has 0 radical (unpaired) electrons. The molecule has 4 aromatic carbocycles. The molecule has 0 spiro atoms. The number of ether oxygens (including phenoxy) is 2. The van der Waals surface area contributed by atoms with Crippen molar-refractivity contribution >= 4 is 22.8 Å². The molecule has 1 N–H and O–H groups in total. The highest BCUT2D eigenvalue weighted by atomic mass is 16.5. The van der Waals surface area contributed by atoms with Gasteiger partial charge in [0.1, 0.15) is 5.69 Å². The van der Waals surface area contributed by atoms with Crippen molar-refractivity contribution in [3.63, 3.8) is 0 Å². The SMILES string of the molecule is CCOc1ccc(CCNC(=O)[C@H](C#N)c2nc3ccccc3nc2N2CCN(C(c3ccccc3)c3ccccc3)CC2)cc1OCC. The molecule has 250 valence electrons. The van der Waals surface area contributed by atoms with Gasteiger partial charge in [0.2, 0.25) is 5.91 Å². The van der Waals surface area contributed by atoms with Gasteiger partial charge in [-0.05, 0) is 61.2 Å². The number of amides is 1. The molecule has 2 heterocycles. The van der Waals surface area contributed by atoms with Gasteiger partial charge in [0.15, 0.2) is 23.2 Å². The van der Waals surface area contributed by atoms with Crippen LogP contribution in [-0.4, -0.2) is 66.7 Å². The van der Waals surface area contributed by atoms with Gasteiger partial charge >= 0.3 is 0 Å². The van der Waals surface area contributed by atoms with E-state index in [0.717, 1.165) is 24.2 Å². The quantitative estimate of drug-likeness (QED) is 0.158. The van der Waals surface area contributed by atoms with E-state index in [1.807, 2.05) is 68.4 Å². The van der Waals surface area contributed by atoms with Crippen LogP contribution in [0.2, 0.25) is 0 Å². The Labute approximate surface area is 288 Å². The second-order valence-corrected chi connectivity index (χ2v) is 11.9. The summed E-state index contributed by atoms with van der Waals surface area (Å²) in [4.78, 5) is 28.2. The summed E-state index contributed by atoms with van der Waals surface area (Å²) in [5.41, 5.74) is 5.25. The third-order valence-corrected chi connectivity index (χ3v) is 8.77. The van der Waals surface area contributed by atoms with Crippen LogP contribution in [0, 0.1) is 11.3 Å². The predicted octanol–water partition coefficient (Wildman–Crippen LogP) is 6.30. The minimum atomic E-state index is -1.12. The van der Waals surface area contributed by atoms with E-state index in [-0.39, 0.29) is 6.04 Å². The first-order valence-electron chi connectivity index (χ1n) is 17.0. The first kappa shape index (κ1) is 33.4. The number of carbonyl (C=O) groups is 1. The van der Waals surface area contributed by atoms with Crippen LogP contribution in [-0.2, 0) is 11.2 Å². The third kappa shape index (κ3) is 7.82. The summed E-state index contributed by atoms with van der Waals surface area (Å²) in [6.07, 6.45) is 0.568. The molecular formula is C40H42N6O3. The Hall–Kier alpha value is -5.46. The Morgan fingerprint density at radius 3 is 2.00 bits per heavy atom. The van der Waals surface area contributed by atoms with Crippen LogP contribution in [0.15, 0.2) is 103 Å². The molecule has 1 fully saturated rings. The number of fused-ring (bicyclic) bond motifs is 1. The molecule has 0 bridgehead atoms. The lowest BCUT2D eigenvalue weighted by atomic mass is 9.96. The lowest BCUT2D eigenvalue weighted by molar-refractivity contribution is -0.121. The van der Waals surface area contributed by atoms with Crippen LogP contribution in [0.4, 0.5) is 5.82 Å². The maximum Gasteiger partial charge on any atom is 0.243 e. The van der Waals surface area contributed by atoms with Gasteiger partial charge in [-0.25, -0.2) is 9.97 Å². The molecule has 1 saturated heterocycles. The number of nitrogens with one attached hydrogen (secondary N) is 1. The number of rotatable bonds is 13. The van der Waals surface area contributed by atoms with Crippen LogP contribution in [0.5, 0.6) is 11.5 Å². The van der Waals surface area contributed by atoms with Gasteiger partial charge in [0.25, 0.3) is 0 Å². The van der Waals surface area contributed by atoms with Crippen molar-refractivity contribution < 1.29 is 14.3 Å². The zero-order valence-electron chi connectivity index (χ0n) is 28.1. The minimum absolute atomic E-state index is 0.115. The molecule has 6 rings (SSSR count). The number of nitrogens with zero attached hydrogens (tertiary/aromatic N) is 5. The van der Waals surface area contributed by atoms with E-state index >= 15 is 0 Å². The first-order chi connectivity index (χ1) is 24.1. The summed E-state index contributed by atoms with van der Waals surface area (Å²) >= 11 is 0. The number of hydrogen-bond acceptors (Lipinski definition) is 8. The highest BCUT2D eigenvalue weighted by Gasteiger charge is 2.32. The summed E-state index contributed by atoms with van der Waals surface area (Å²) in [6.45, 7) is 8.19. The molecule has 1 aliphatic heterocycles. The number of carbonyl (C=O) groups excluding carboxylic acids is 1. The summed E-state index contributed by atoms with van der Waals surface area (Å²) in [5.74, 6) is 0.449. The van der Waals surface area contributed by atoms with E-state index < -0.39 is 11.8 Å². The van der Waals surface area contributed by atoms with E-state index in [9.17, 15) is 10.1 Å². The van der Waals surface area contributed by atoms with Crippen molar-refractivity contribution in [1.29, 1.82) is 5.26 Å². The topological polar surface area (TPSA) is 104 Å². The Balaban J connectivity index is 1.20. The molecule has 5 aromatic rings. The maximum absolute atomic E-state index is 13.6. The molecule has 9 heteroatoms. The average Bonchev–Trinajstić information content (AvgIpc) is 3.14. The number of benzene rings is 4. The third-order valence-electron chi connectivity index (χ3n) is 8.77. The molecule has 1 amide bonds. The number of hydrogen-bond donors (Lipinski definition) is 1. The number of anilines is 1. The number of para-hydroxylation sites is 2. The van der Waals surface area contributed by atoms with Crippen molar-refractivity contribution in [2.24, 2.45) is 0 Å². The van der Waals surface area contributed by atoms with Gasteiger partial charge in [0.05, 0.1) is 36.4 Å². The fraction of sp³-hybridized carbons (Fsp3) is 0.300. The molecule has 49 heavy (non-hydrogen) atoms. The highest BCUT2D eigenvalue weighted by Crippen LogP contribution is 2.33. The van der Waals surface area contributed by atoms with Gasteiger partial charge < -0.3 is 19.7 Å². The highest BCUT2D eigenvalue weighted by molar-refractivity contribution is 5.89. The minimum Gasteiger partial charge on any atom is -0.490 e. The number of piperazine rings is 1. The van der Waals surface area contributed by atoms with E-state index in [0.29, 0.717) is 67.8 Å². The van der Waals surface area contributed by atoms with Gasteiger partial charge in [-0.3, -0.25) is 9.69 Å². The first-order valence-corrected chi connectivity index (χ1v) is 17.0. The average molecular weight is 655 g/mol. The van der Waals surface area contributed by atoms with E-state index in [1.165, 1.54) is 11.1 Å². The lowest BCUT2D eigenvalue weighted by Gasteiger charge is -2.40. The van der Waals surface area contributed by atoms with Crippen molar-refractivity contribution in [2.45, 2.75) is 32.2 Å². The second-order valence-electron chi connectivity index (χ2n) is 11.9. The molecule has 0 unspecified atom stereocenters. The molecule has 0 aliphatic carbocycles. The summed E-state index contributed by atoms with van der Waals surface area (Å²) in [7, 11) is 0. The smallest absolute Gasteiger partial charge is 0.243 e. The molecule has 1 aromatic heterocycles. The van der Waals surface area contributed by atoms with Gasteiger partial charge in [-0.15, -0.1) is 0 Å². The molecule has 0 saturated carbocycles. The van der Waals surface area contributed by atoms with Gasteiger partial charge in [0, 0.05) is 32.7 Å². The van der Waals surface area contributed by atoms with Gasteiger partial charge in [-0.1, -0.05) is 78.9 Å². The van der Waals surface area contributed by atoms with Crippen molar-refractivity contribution in [1.82, 2.24) is 20.2 Å². The Bertz CT molecular complexity index is 1850. The molecule has 1 aliphatic rings. The predicted molar refractivity (Wildman–Crippen MR) is 192 cm³/mol. The van der Waals surface area contributed by atoms with E-state index in [1.54, 1.807) is 0 Å². The van der Waals surface area contributed by atoms with Crippen molar-refractivity contribution in [2.75, 3.05) is 50.8 Å². The summed E-state index contributed by atoms with van der Waals surface area (Å²) < 4.78 is 11.4. The maximum atomic E-state index is 13.6. The number of nitriles is 1. The zero-order valence-corrected chi connectivity index (χ0v) is 28.1. The van der Waals surface area contributed by atoms with Crippen LogP contribution >= 0.6 is 0 Å². The normalized spacial score (nSPS) is 14.0. The largest absolute Gasteiger partial charge is 0.490 e. The van der Waals surface area contributed by atoms with Crippen LogP contribution in [0.25, 0.3) is 11.0 Å². The van der Waals surface area contributed by atoms with Gasteiger partial charge in [-0.2, -0.15) is 5.26 Å². The van der Waals surface area contributed by atoms with E-state index in [2.05, 4.69) is 69.7 Å². The van der Waals surface area contributed by atoms with Crippen LogP contribution in [0.1, 0.15) is 48.2 Å².